The smallest absolute Gasteiger partial charge is 0.249 e. The van der Waals surface area contributed by atoms with Crippen molar-refractivity contribution in [3.63, 3.8) is 0 Å². The van der Waals surface area contributed by atoms with Crippen LogP contribution >= 0.6 is 0 Å². The lowest BCUT2D eigenvalue weighted by Gasteiger charge is -2.23. The first-order valence-corrected chi connectivity index (χ1v) is 8.27. The number of carbonyl (C=O) groups is 1. The molecule has 0 radical (unpaired) electrons. The standard InChI is InChI=1S/C16H29NO3/c1-12(20-14-6-4-2-3-5-7-14)16(19)17-15(10-11-18)13-8-9-13/h12-15,18H,2-11H2,1H3,(H,17,19). The molecule has 0 spiro atoms. The molecule has 0 saturated heterocycles. The van der Waals surface area contributed by atoms with E-state index in [1.165, 1.54) is 38.5 Å². The van der Waals surface area contributed by atoms with Gasteiger partial charge in [0, 0.05) is 12.6 Å². The van der Waals surface area contributed by atoms with E-state index in [-0.39, 0.29) is 30.8 Å². The van der Waals surface area contributed by atoms with Gasteiger partial charge in [-0.3, -0.25) is 4.79 Å². The molecule has 0 bridgehead atoms. The minimum absolute atomic E-state index is 0.0143. The monoisotopic (exact) mass is 283 g/mol. The maximum Gasteiger partial charge on any atom is 0.249 e. The molecule has 4 heteroatoms. The highest BCUT2D eigenvalue weighted by Gasteiger charge is 2.33. The van der Waals surface area contributed by atoms with Gasteiger partial charge >= 0.3 is 0 Å². The molecular weight excluding hydrogens is 254 g/mol. The van der Waals surface area contributed by atoms with Crippen LogP contribution in [-0.2, 0) is 9.53 Å². The predicted octanol–water partition coefficient (Wildman–Crippen LogP) is 2.39. The van der Waals surface area contributed by atoms with E-state index in [0.717, 1.165) is 12.8 Å². The van der Waals surface area contributed by atoms with Gasteiger partial charge in [0.2, 0.25) is 5.91 Å². The van der Waals surface area contributed by atoms with Crippen molar-refractivity contribution in [2.75, 3.05) is 6.61 Å². The molecule has 0 aromatic rings. The fraction of sp³-hybridized carbons (Fsp3) is 0.938. The number of rotatable bonds is 7. The quantitative estimate of drug-likeness (QED) is 0.705. The van der Waals surface area contributed by atoms with Crippen LogP contribution in [0, 0.1) is 5.92 Å². The van der Waals surface area contributed by atoms with Gasteiger partial charge < -0.3 is 15.2 Å². The second-order valence-electron chi connectivity index (χ2n) is 6.36. The Bertz CT molecular complexity index is 296. The second kappa shape index (κ2) is 7.99. The Kier molecular flexibility index (Phi) is 6.30. The normalized spacial score (nSPS) is 23.9. The number of hydrogen-bond acceptors (Lipinski definition) is 3. The van der Waals surface area contributed by atoms with Crippen LogP contribution < -0.4 is 5.32 Å². The third-order valence-electron chi connectivity index (χ3n) is 4.53. The van der Waals surface area contributed by atoms with E-state index in [9.17, 15) is 4.79 Å². The molecule has 0 aromatic carbocycles. The summed E-state index contributed by atoms with van der Waals surface area (Å²) in [7, 11) is 0. The predicted molar refractivity (Wildman–Crippen MR) is 78.4 cm³/mol. The number of amides is 1. The van der Waals surface area contributed by atoms with Crippen LogP contribution in [0.15, 0.2) is 0 Å². The number of hydrogen-bond donors (Lipinski definition) is 2. The molecule has 0 aromatic heterocycles. The average molecular weight is 283 g/mol. The van der Waals surface area contributed by atoms with Crippen molar-refractivity contribution in [1.82, 2.24) is 5.32 Å². The molecule has 116 valence electrons. The van der Waals surface area contributed by atoms with Gasteiger partial charge in [-0.1, -0.05) is 25.7 Å². The number of ether oxygens (including phenoxy) is 1. The number of nitrogens with one attached hydrogen (secondary N) is 1. The van der Waals surface area contributed by atoms with Crippen LogP contribution in [0.4, 0.5) is 0 Å². The summed E-state index contributed by atoms with van der Waals surface area (Å²) in [5.41, 5.74) is 0. The molecule has 2 saturated carbocycles. The lowest BCUT2D eigenvalue weighted by molar-refractivity contribution is -0.136. The summed E-state index contributed by atoms with van der Waals surface area (Å²) < 4.78 is 5.94. The Morgan fingerprint density at radius 2 is 1.85 bits per heavy atom. The zero-order chi connectivity index (χ0) is 14.4. The molecule has 2 unspecified atom stereocenters. The summed E-state index contributed by atoms with van der Waals surface area (Å²) in [4.78, 5) is 12.2. The van der Waals surface area contributed by atoms with E-state index in [1.807, 2.05) is 6.92 Å². The Hall–Kier alpha value is -0.610. The molecular formula is C16H29NO3. The van der Waals surface area contributed by atoms with Gasteiger partial charge in [0.25, 0.3) is 0 Å². The average Bonchev–Trinajstić information content (AvgIpc) is 3.25. The number of aliphatic hydroxyl groups is 1. The third-order valence-corrected chi connectivity index (χ3v) is 4.53. The van der Waals surface area contributed by atoms with E-state index >= 15 is 0 Å². The van der Waals surface area contributed by atoms with Crippen molar-refractivity contribution in [2.45, 2.75) is 83.0 Å². The van der Waals surface area contributed by atoms with E-state index in [2.05, 4.69) is 5.32 Å². The Labute approximate surface area is 122 Å². The first-order valence-electron chi connectivity index (χ1n) is 8.27. The minimum Gasteiger partial charge on any atom is -0.396 e. The number of carbonyl (C=O) groups excluding carboxylic acids is 1. The first-order chi connectivity index (χ1) is 9.70. The van der Waals surface area contributed by atoms with Gasteiger partial charge in [-0.2, -0.15) is 0 Å². The summed E-state index contributed by atoms with van der Waals surface area (Å²) in [5.74, 6) is 0.552. The number of aliphatic hydroxyl groups excluding tert-OH is 1. The molecule has 1 amide bonds. The maximum absolute atomic E-state index is 12.2. The molecule has 2 aliphatic rings. The summed E-state index contributed by atoms with van der Waals surface area (Å²) in [6, 6.07) is 0.132. The molecule has 2 N–H and O–H groups in total. The van der Waals surface area contributed by atoms with Crippen LogP contribution in [0.1, 0.15) is 64.7 Å². The van der Waals surface area contributed by atoms with Crippen molar-refractivity contribution in [3.8, 4) is 0 Å². The summed E-state index contributed by atoms with van der Waals surface area (Å²) >= 11 is 0. The van der Waals surface area contributed by atoms with Gasteiger partial charge in [-0.25, -0.2) is 0 Å². The van der Waals surface area contributed by atoms with Crippen LogP contribution in [0.5, 0.6) is 0 Å². The lowest BCUT2D eigenvalue weighted by atomic mass is 10.1. The van der Waals surface area contributed by atoms with Gasteiger partial charge in [-0.15, -0.1) is 0 Å². The van der Waals surface area contributed by atoms with E-state index in [4.69, 9.17) is 9.84 Å². The fourth-order valence-corrected chi connectivity index (χ4v) is 3.09. The molecule has 2 rings (SSSR count). The van der Waals surface area contributed by atoms with E-state index in [1.54, 1.807) is 0 Å². The second-order valence-corrected chi connectivity index (χ2v) is 6.36. The van der Waals surface area contributed by atoms with Crippen LogP contribution in [-0.4, -0.2) is 35.9 Å². The van der Waals surface area contributed by atoms with E-state index in [0.29, 0.717) is 12.3 Å². The van der Waals surface area contributed by atoms with Crippen molar-refractivity contribution in [1.29, 1.82) is 0 Å². The van der Waals surface area contributed by atoms with Gasteiger partial charge in [0.05, 0.1) is 6.10 Å². The highest BCUT2D eigenvalue weighted by molar-refractivity contribution is 5.80. The molecule has 0 aliphatic heterocycles. The molecule has 2 atom stereocenters. The third kappa shape index (κ3) is 5.06. The highest BCUT2D eigenvalue weighted by Crippen LogP contribution is 2.34. The highest BCUT2D eigenvalue weighted by atomic mass is 16.5. The van der Waals surface area contributed by atoms with Crippen molar-refractivity contribution < 1.29 is 14.6 Å². The maximum atomic E-state index is 12.2. The lowest BCUT2D eigenvalue weighted by Crippen LogP contribution is -2.44. The van der Waals surface area contributed by atoms with E-state index < -0.39 is 0 Å². The Morgan fingerprint density at radius 1 is 1.20 bits per heavy atom. The zero-order valence-corrected chi connectivity index (χ0v) is 12.6. The van der Waals surface area contributed by atoms with Crippen molar-refractivity contribution in [3.05, 3.63) is 0 Å². The topological polar surface area (TPSA) is 58.6 Å². The molecule has 20 heavy (non-hydrogen) atoms. The van der Waals surface area contributed by atoms with Gasteiger partial charge in [0.15, 0.2) is 0 Å². The largest absolute Gasteiger partial charge is 0.396 e. The SMILES string of the molecule is CC(OC1CCCCCC1)C(=O)NC(CCO)C1CC1. The van der Waals surface area contributed by atoms with Crippen LogP contribution in [0.2, 0.25) is 0 Å². The van der Waals surface area contributed by atoms with Crippen LogP contribution in [0.25, 0.3) is 0 Å². The summed E-state index contributed by atoms with van der Waals surface area (Å²) in [6.07, 6.45) is 10.1. The minimum atomic E-state index is -0.377. The van der Waals surface area contributed by atoms with Gasteiger partial charge in [-0.05, 0) is 44.9 Å². The zero-order valence-electron chi connectivity index (χ0n) is 12.6. The summed E-state index contributed by atoms with van der Waals surface area (Å²) in [6.45, 7) is 1.99. The molecule has 4 nitrogen and oxygen atoms in total. The first kappa shape index (κ1) is 15.8. The molecule has 2 aliphatic carbocycles. The van der Waals surface area contributed by atoms with Crippen LogP contribution in [0.3, 0.4) is 0 Å². The fourth-order valence-electron chi connectivity index (χ4n) is 3.09. The molecule has 2 fully saturated rings. The van der Waals surface area contributed by atoms with Crippen molar-refractivity contribution >= 4 is 5.91 Å². The van der Waals surface area contributed by atoms with Crippen molar-refractivity contribution in [2.24, 2.45) is 5.92 Å². The molecule has 0 heterocycles. The van der Waals surface area contributed by atoms with Gasteiger partial charge in [0.1, 0.15) is 6.10 Å². The Balaban J connectivity index is 1.75. The summed E-state index contributed by atoms with van der Waals surface area (Å²) in [5, 5.41) is 12.1. The Morgan fingerprint density at radius 3 is 2.40 bits per heavy atom.